The molecule has 3 amide bonds. The van der Waals surface area contributed by atoms with Crippen molar-refractivity contribution in [2.24, 2.45) is 11.5 Å². The van der Waals surface area contributed by atoms with Crippen molar-refractivity contribution >= 4 is 17.7 Å². The lowest BCUT2D eigenvalue weighted by atomic mass is 9.90. The molecule has 1 aromatic carbocycles. The van der Waals surface area contributed by atoms with Crippen LogP contribution >= 0.6 is 0 Å². The minimum absolute atomic E-state index is 0.233. The average Bonchev–Trinajstić information content (AvgIpc) is 2.64. The maximum absolute atomic E-state index is 11.9. The van der Waals surface area contributed by atoms with Crippen molar-refractivity contribution < 1.29 is 19.1 Å². The van der Waals surface area contributed by atoms with Crippen LogP contribution in [0.5, 0.6) is 5.75 Å². The molecule has 1 saturated heterocycles. The van der Waals surface area contributed by atoms with Crippen molar-refractivity contribution in [2.75, 3.05) is 6.54 Å². The highest BCUT2D eigenvalue weighted by Gasteiger charge is 2.28. The zero-order chi connectivity index (χ0) is 19.6. The second-order valence-corrected chi connectivity index (χ2v) is 6.93. The van der Waals surface area contributed by atoms with Gasteiger partial charge in [0.25, 0.3) is 5.91 Å². The number of imide groups is 1. The van der Waals surface area contributed by atoms with Gasteiger partial charge in [0, 0.05) is 6.42 Å². The van der Waals surface area contributed by atoms with Crippen LogP contribution in [0.1, 0.15) is 62.8 Å². The number of benzene rings is 1. The highest BCUT2D eigenvalue weighted by molar-refractivity contribution is 6.00. The van der Waals surface area contributed by atoms with E-state index in [0.717, 1.165) is 37.7 Å². The number of nitrogens with one attached hydrogen (secondary N) is 1. The highest BCUT2D eigenvalue weighted by atomic mass is 16.5. The predicted molar refractivity (Wildman–Crippen MR) is 102 cm³/mol. The number of nitrogens with two attached hydrogens (primary N) is 2. The summed E-state index contributed by atoms with van der Waals surface area (Å²) < 4.78 is 5.74. The molecule has 0 saturated carbocycles. The number of rotatable bonds is 11. The van der Waals surface area contributed by atoms with Crippen LogP contribution in [0.4, 0.5) is 0 Å². The molecular formula is C20H29N3O4. The lowest BCUT2D eigenvalue weighted by molar-refractivity contribution is -0.134. The Balaban J connectivity index is 1.86. The molecule has 0 bridgehead atoms. The summed E-state index contributed by atoms with van der Waals surface area (Å²) in [6, 6.07) is 7.05. The Kier molecular flexibility index (Phi) is 8.26. The summed E-state index contributed by atoms with van der Waals surface area (Å²) in [5, 5.41) is 2.35. The summed E-state index contributed by atoms with van der Waals surface area (Å²) in [6.07, 6.45) is 5.84. The number of hydrogen-bond donors (Lipinski definition) is 3. The molecule has 1 aliphatic heterocycles. The van der Waals surface area contributed by atoms with Crippen LogP contribution in [0.2, 0.25) is 0 Å². The number of unbranched alkanes of at least 4 members (excludes halogenated alkanes) is 4. The van der Waals surface area contributed by atoms with Crippen LogP contribution in [0.25, 0.3) is 0 Å². The molecule has 1 fully saturated rings. The third kappa shape index (κ3) is 6.67. The van der Waals surface area contributed by atoms with E-state index in [9.17, 15) is 14.4 Å². The van der Waals surface area contributed by atoms with Gasteiger partial charge in [-0.05, 0) is 49.9 Å². The van der Waals surface area contributed by atoms with Crippen LogP contribution in [0.15, 0.2) is 24.3 Å². The van der Waals surface area contributed by atoms with Gasteiger partial charge >= 0.3 is 0 Å². The Bertz CT molecular complexity index is 645. The molecule has 27 heavy (non-hydrogen) atoms. The van der Waals surface area contributed by atoms with Gasteiger partial charge in [-0.2, -0.15) is 0 Å². The minimum Gasteiger partial charge on any atom is -0.481 e. The maximum Gasteiger partial charge on any atom is 0.258 e. The fourth-order valence-electron chi connectivity index (χ4n) is 3.22. The van der Waals surface area contributed by atoms with Gasteiger partial charge in [-0.15, -0.1) is 0 Å². The molecule has 7 heteroatoms. The molecule has 0 radical (unpaired) electrons. The van der Waals surface area contributed by atoms with E-state index in [4.69, 9.17) is 16.2 Å². The van der Waals surface area contributed by atoms with Gasteiger partial charge in [0.2, 0.25) is 11.8 Å². The van der Waals surface area contributed by atoms with Crippen LogP contribution in [-0.4, -0.2) is 30.4 Å². The molecular weight excluding hydrogens is 346 g/mol. The predicted octanol–water partition coefficient (Wildman–Crippen LogP) is 1.74. The van der Waals surface area contributed by atoms with Crippen molar-refractivity contribution in [1.82, 2.24) is 5.32 Å². The Morgan fingerprint density at radius 1 is 1.11 bits per heavy atom. The molecule has 148 valence electrons. The van der Waals surface area contributed by atoms with Crippen molar-refractivity contribution in [3.63, 3.8) is 0 Å². The number of piperidine rings is 1. The number of carbonyl (C=O) groups excluding carboxylic acids is 3. The van der Waals surface area contributed by atoms with E-state index in [1.807, 2.05) is 0 Å². The highest BCUT2D eigenvalue weighted by Crippen LogP contribution is 2.27. The lowest BCUT2D eigenvalue weighted by Gasteiger charge is -2.21. The standard InChI is InChI=1S/C20H29N3O4/c21-13-5-3-1-2-4-6-17(19(22)25)27-15-9-7-14(8-10-15)16-11-12-18(24)23-20(16)26/h7-10,16-17H,1-6,11-13,21H2,(H2,22,25)(H,23,24,26). The summed E-state index contributed by atoms with van der Waals surface area (Å²) >= 11 is 0. The molecule has 5 N–H and O–H groups in total. The van der Waals surface area contributed by atoms with E-state index in [1.54, 1.807) is 24.3 Å². The van der Waals surface area contributed by atoms with E-state index in [1.165, 1.54) is 0 Å². The SMILES string of the molecule is NCCCCCCCC(Oc1ccc(C2CCC(=O)NC2=O)cc1)C(N)=O. The normalized spacial score (nSPS) is 18.0. The molecule has 0 spiro atoms. The topological polar surface area (TPSA) is 125 Å². The third-order valence-corrected chi connectivity index (χ3v) is 4.79. The summed E-state index contributed by atoms with van der Waals surface area (Å²) in [4.78, 5) is 34.8. The largest absolute Gasteiger partial charge is 0.481 e. The summed E-state index contributed by atoms with van der Waals surface area (Å²) in [7, 11) is 0. The number of amides is 3. The van der Waals surface area contributed by atoms with Crippen LogP contribution in [-0.2, 0) is 14.4 Å². The van der Waals surface area contributed by atoms with Gasteiger partial charge < -0.3 is 16.2 Å². The van der Waals surface area contributed by atoms with Crippen LogP contribution < -0.4 is 21.5 Å². The van der Waals surface area contributed by atoms with E-state index in [-0.39, 0.29) is 17.7 Å². The van der Waals surface area contributed by atoms with Gasteiger partial charge in [-0.1, -0.05) is 31.4 Å². The second-order valence-electron chi connectivity index (χ2n) is 6.93. The van der Waals surface area contributed by atoms with Crippen LogP contribution in [0, 0.1) is 0 Å². The zero-order valence-electron chi connectivity index (χ0n) is 15.6. The first-order chi connectivity index (χ1) is 13.0. The number of hydrogen-bond acceptors (Lipinski definition) is 5. The Hall–Kier alpha value is -2.41. The molecule has 1 aromatic rings. The first-order valence-electron chi connectivity index (χ1n) is 9.61. The Morgan fingerprint density at radius 3 is 2.41 bits per heavy atom. The smallest absolute Gasteiger partial charge is 0.258 e. The number of primary amides is 1. The van der Waals surface area contributed by atoms with Gasteiger partial charge in [0.05, 0.1) is 5.92 Å². The quantitative estimate of drug-likeness (QED) is 0.401. The fourth-order valence-corrected chi connectivity index (χ4v) is 3.22. The fraction of sp³-hybridized carbons (Fsp3) is 0.550. The summed E-state index contributed by atoms with van der Waals surface area (Å²) in [6.45, 7) is 0.710. The van der Waals surface area contributed by atoms with E-state index in [2.05, 4.69) is 5.32 Å². The lowest BCUT2D eigenvalue weighted by Crippen LogP contribution is -2.39. The second kappa shape index (κ2) is 10.7. The Labute approximate surface area is 159 Å². The molecule has 2 rings (SSSR count). The summed E-state index contributed by atoms with van der Waals surface area (Å²) in [5.41, 5.74) is 11.8. The van der Waals surface area contributed by atoms with E-state index >= 15 is 0 Å². The monoisotopic (exact) mass is 375 g/mol. The first-order valence-corrected chi connectivity index (χ1v) is 9.61. The Morgan fingerprint density at radius 2 is 1.78 bits per heavy atom. The minimum atomic E-state index is -0.666. The molecule has 2 unspecified atom stereocenters. The van der Waals surface area contributed by atoms with Gasteiger partial charge in [0.15, 0.2) is 6.10 Å². The third-order valence-electron chi connectivity index (χ3n) is 4.79. The summed E-state index contributed by atoms with van der Waals surface area (Å²) in [5.74, 6) is -0.783. The molecule has 1 heterocycles. The van der Waals surface area contributed by atoms with Gasteiger partial charge in [-0.3, -0.25) is 19.7 Å². The zero-order valence-corrected chi connectivity index (χ0v) is 15.6. The van der Waals surface area contributed by atoms with Crippen molar-refractivity contribution in [1.29, 1.82) is 0 Å². The molecule has 1 aliphatic rings. The van der Waals surface area contributed by atoms with Gasteiger partial charge in [0.1, 0.15) is 5.75 Å². The van der Waals surface area contributed by atoms with Gasteiger partial charge in [-0.25, -0.2) is 0 Å². The average molecular weight is 375 g/mol. The molecule has 2 atom stereocenters. The van der Waals surface area contributed by atoms with E-state index in [0.29, 0.717) is 31.6 Å². The van der Waals surface area contributed by atoms with Crippen molar-refractivity contribution in [2.45, 2.75) is 63.4 Å². The number of ether oxygens (including phenoxy) is 1. The number of carbonyl (C=O) groups is 3. The van der Waals surface area contributed by atoms with Crippen molar-refractivity contribution in [3.8, 4) is 5.75 Å². The molecule has 0 aromatic heterocycles. The first kappa shape index (κ1) is 20.9. The van der Waals surface area contributed by atoms with Crippen LogP contribution in [0.3, 0.4) is 0 Å². The molecule has 0 aliphatic carbocycles. The van der Waals surface area contributed by atoms with E-state index < -0.39 is 12.0 Å². The molecule has 7 nitrogen and oxygen atoms in total. The maximum atomic E-state index is 11.9. The van der Waals surface area contributed by atoms with Crippen molar-refractivity contribution in [3.05, 3.63) is 29.8 Å².